The van der Waals surface area contributed by atoms with Crippen molar-refractivity contribution in [2.24, 2.45) is 5.92 Å². The Morgan fingerprint density at radius 2 is 1.08 bits per heavy atom. The number of para-hydroxylation sites is 3. The zero-order valence-corrected chi connectivity index (χ0v) is 27.3. The van der Waals surface area contributed by atoms with E-state index in [-0.39, 0.29) is 0 Å². The molecule has 0 fully saturated rings. The molecular weight excluding hydrogens is 593 g/mol. The Hall–Kier alpha value is -6.12. The molecule has 10 rings (SSSR count). The first-order valence-corrected chi connectivity index (χ1v) is 17.3. The highest BCUT2D eigenvalue weighted by atomic mass is 15.1. The van der Waals surface area contributed by atoms with Crippen molar-refractivity contribution in [2.45, 2.75) is 13.3 Å². The van der Waals surface area contributed by atoms with Crippen molar-refractivity contribution < 1.29 is 0 Å². The third kappa shape index (κ3) is 4.20. The van der Waals surface area contributed by atoms with Gasteiger partial charge in [-0.2, -0.15) is 0 Å². The van der Waals surface area contributed by atoms with Crippen molar-refractivity contribution in [1.82, 2.24) is 4.57 Å². The fourth-order valence-corrected chi connectivity index (χ4v) is 8.59. The van der Waals surface area contributed by atoms with E-state index in [0.29, 0.717) is 5.92 Å². The molecule has 0 radical (unpaired) electrons. The van der Waals surface area contributed by atoms with E-state index in [9.17, 15) is 0 Å². The molecule has 0 bridgehead atoms. The summed E-state index contributed by atoms with van der Waals surface area (Å²) in [6.07, 6.45) is 0.964. The fraction of sp³-hybridized carbons (Fsp3) is 0.0638. The van der Waals surface area contributed by atoms with Crippen LogP contribution in [0.3, 0.4) is 0 Å². The first-order chi connectivity index (χ1) is 24.3. The van der Waals surface area contributed by atoms with Crippen molar-refractivity contribution >= 4 is 49.9 Å². The maximum atomic E-state index is 2.53. The molecule has 1 heterocycles. The zero-order valence-electron chi connectivity index (χ0n) is 27.3. The summed E-state index contributed by atoms with van der Waals surface area (Å²) in [6, 6.07) is 62.1. The smallest absolute Gasteiger partial charge is 0.0537 e. The molecule has 2 aliphatic carbocycles. The molecule has 1 unspecified atom stereocenters. The van der Waals surface area contributed by atoms with E-state index in [1.807, 2.05) is 0 Å². The van der Waals surface area contributed by atoms with Gasteiger partial charge in [-0.15, -0.1) is 0 Å². The molecule has 7 aromatic carbocycles. The lowest BCUT2D eigenvalue weighted by Gasteiger charge is -2.29. The topological polar surface area (TPSA) is 8.17 Å². The summed E-state index contributed by atoms with van der Waals surface area (Å²) in [5, 5.41) is 3.99. The van der Waals surface area contributed by atoms with Crippen molar-refractivity contribution in [2.75, 3.05) is 4.90 Å². The Bertz CT molecular complexity index is 2530. The number of hydrogen-bond acceptors (Lipinski definition) is 1. The van der Waals surface area contributed by atoms with Gasteiger partial charge in [-0.1, -0.05) is 122 Å². The van der Waals surface area contributed by atoms with Crippen LogP contribution in [0.15, 0.2) is 170 Å². The van der Waals surface area contributed by atoms with Gasteiger partial charge < -0.3 is 9.47 Å². The number of aromatic nitrogens is 1. The van der Waals surface area contributed by atoms with E-state index in [0.717, 1.165) is 23.5 Å². The minimum atomic E-state index is 0.335. The first kappa shape index (κ1) is 27.9. The van der Waals surface area contributed by atoms with Gasteiger partial charge >= 0.3 is 0 Å². The average Bonchev–Trinajstić information content (AvgIpc) is 3.42. The summed E-state index contributed by atoms with van der Waals surface area (Å²) >= 11 is 0. The van der Waals surface area contributed by atoms with Crippen LogP contribution in [-0.4, -0.2) is 4.57 Å². The van der Waals surface area contributed by atoms with Crippen molar-refractivity contribution in [3.05, 3.63) is 192 Å². The monoisotopic (exact) mass is 626 g/mol. The molecule has 2 aliphatic rings. The molecule has 0 aliphatic heterocycles. The molecule has 1 atom stereocenters. The summed E-state index contributed by atoms with van der Waals surface area (Å²) in [6.45, 7) is 2.43. The lowest BCUT2D eigenvalue weighted by atomic mass is 9.76. The lowest BCUT2D eigenvalue weighted by molar-refractivity contribution is 0.706. The molecule has 0 amide bonds. The normalized spacial score (nSPS) is 14.7. The van der Waals surface area contributed by atoms with Crippen LogP contribution in [0.2, 0.25) is 0 Å². The van der Waals surface area contributed by atoms with E-state index in [2.05, 4.69) is 186 Å². The zero-order chi connectivity index (χ0) is 32.5. The molecule has 1 aromatic heterocycles. The summed E-state index contributed by atoms with van der Waals surface area (Å²) in [7, 11) is 0. The summed E-state index contributed by atoms with van der Waals surface area (Å²) < 4.78 is 2.53. The van der Waals surface area contributed by atoms with Crippen molar-refractivity contribution in [1.29, 1.82) is 0 Å². The predicted octanol–water partition coefficient (Wildman–Crippen LogP) is 12.4. The third-order valence-electron chi connectivity index (χ3n) is 10.6. The van der Waals surface area contributed by atoms with Gasteiger partial charge in [-0.25, -0.2) is 0 Å². The maximum Gasteiger partial charge on any atom is 0.0537 e. The maximum absolute atomic E-state index is 2.53. The van der Waals surface area contributed by atoms with Crippen LogP contribution < -0.4 is 4.90 Å². The van der Waals surface area contributed by atoms with E-state index in [4.69, 9.17) is 0 Å². The van der Waals surface area contributed by atoms with E-state index in [1.54, 1.807) is 0 Å². The minimum Gasteiger partial charge on any atom is -0.313 e. The molecule has 8 aromatic rings. The number of anilines is 3. The largest absolute Gasteiger partial charge is 0.313 e. The summed E-state index contributed by atoms with van der Waals surface area (Å²) in [5.41, 5.74) is 16.8. The molecule has 0 spiro atoms. The Morgan fingerprint density at radius 3 is 1.80 bits per heavy atom. The highest BCUT2D eigenvalue weighted by Gasteiger charge is 2.35. The number of nitrogens with zero attached hydrogens (tertiary/aromatic N) is 2. The molecular formula is C47H34N2. The Labute approximate surface area is 286 Å². The van der Waals surface area contributed by atoms with Gasteiger partial charge in [0.15, 0.2) is 0 Å². The molecule has 2 heteroatoms. The second-order valence-corrected chi connectivity index (χ2v) is 13.3. The van der Waals surface area contributed by atoms with Crippen LogP contribution in [0.25, 0.3) is 49.6 Å². The number of allylic oxidation sites excluding steroid dienone is 1. The predicted molar refractivity (Wildman–Crippen MR) is 206 cm³/mol. The summed E-state index contributed by atoms with van der Waals surface area (Å²) in [4.78, 5) is 2.33. The second-order valence-electron chi connectivity index (χ2n) is 13.3. The molecule has 49 heavy (non-hydrogen) atoms. The van der Waals surface area contributed by atoms with E-state index < -0.39 is 0 Å². The number of benzene rings is 7. The van der Waals surface area contributed by atoms with Crippen LogP contribution in [0.1, 0.15) is 29.3 Å². The molecule has 0 saturated carbocycles. The van der Waals surface area contributed by atoms with Gasteiger partial charge in [0.2, 0.25) is 0 Å². The Kier molecular flexibility index (Phi) is 6.25. The van der Waals surface area contributed by atoms with Gasteiger partial charge in [-0.05, 0) is 111 Å². The third-order valence-corrected chi connectivity index (χ3v) is 10.6. The van der Waals surface area contributed by atoms with Crippen molar-refractivity contribution in [3.63, 3.8) is 0 Å². The van der Waals surface area contributed by atoms with Gasteiger partial charge in [-0.3, -0.25) is 0 Å². The van der Waals surface area contributed by atoms with Crippen LogP contribution in [0.5, 0.6) is 0 Å². The average molecular weight is 627 g/mol. The second kappa shape index (κ2) is 11.0. The number of fused-ring (bicyclic) bond motifs is 8. The lowest BCUT2D eigenvalue weighted by Crippen LogP contribution is -2.16. The van der Waals surface area contributed by atoms with Crippen LogP contribution in [0, 0.1) is 5.92 Å². The van der Waals surface area contributed by atoms with Crippen molar-refractivity contribution in [3.8, 4) is 16.8 Å². The molecule has 0 saturated heterocycles. The SMILES string of the molecule is CC1Cc2c(c3ccccc3n2-c2ccc(N(c3ccccc3)c3ccccc3)cc2)C2=C1c1cccc3cccc(c13)-c1ccccc12. The van der Waals surface area contributed by atoms with Gasteiger partial charge in [0, 0.05) is 39.4 Å². The van der Waals surface area contributed by atoms with E-state index in [1.165, 1.54) is 72.0 Å². The minimum absolute atomic E-state index is 0.335. The quantitative estimate of drug-likeness (QED) is 0.189. The standard InChI is InChI=1S/C47H34N2/c1-31-30-43-46(47-39-21-9-8-20-37(39)38-23-12-14-32-15-13-24-41(44(31)47)45(32)38)40-22-10-11-25-42(40)49(43)36-28-26-35(27-29-36)48(33-16-4-2-5-17-33)34-18-6-3-7-19-34/h2-29,31H,30H2,1H3. The fourth-order valence-electron chi connectivity index (χ4n) is 8.59. The van der Waals surface area contributed by atoms with Gasteiger partial charge in [0.25, 0.3) is 0 Å². The molecule has 232 valence electrons. The highest BCUT2D eigenvalue weighted by molar-refractivity contribution is 6.18. The van der Waals surface area contributed by atoms with Gasteiger partial charge in [0.05, 0.1) is 5.52 Å². The number of rotatable bonds is 4. The van der Waals surface area contributed by atoms with Crippen LogP contribution in [0.4, 0.5) is 17.1 Å². The van der Waals surface area contributed by atoms with Gasteiger partial charge in [0.1, 0.15) is 0 Å². The Balaban J connectivity index is 1.21. The van der Waals surface area contributed by atoms with Crippen LogP contribution >= 0.6 is 0 Å². The first-order valence-electron chi connectivity index (χ1n) is 17.3. The molecule has 2 nitrogen and oxygen atoms in total. The van der Waals surface area contributed by atoms with E-state index >= 15 is 0 Å². The van der Waals surface area contributed by atoms with Crippen LogP contribution in [-0.2, 0) is 6.42 Å². The number of hydrogen-bond donors (Lipinski definition) is 0. The Morgan fingerprint density at radius 1 is 0.510 bits per heavy atom. The summed E-state index contributed by atoms with van der Waals surface area (Å²) in [5.74, 6) is 0.335. The molecule has 0 N–H and O–H groups in total. The highest BCUT2D eigenvalue weighted by Crippen LogP contribution is 2.54.